The van der Waals surface area contributed by atoms with Crippen LogP contribution in [0.2, 0.25) is 0 Å². The van der Waals surface area contributed by atoms with Gasteiger partial charge in [-0.25, -0.2) is 9.97 Å². The Morgan fingerprint density at radius 2 is 1.67 bits per heavy atom. The quantitative estimate of drug-likeness (QED) is 0.707. The fourth-order valence-corrected chi connectivity index (χ4v) is 1.23. The number of aromatic nitrogens is 2. The lowest BCUT2D eigenvalue weighted by Crippen LogP contribution is -1.88. The molecular formula is C11H8N2O2. The molecule has 0 aliphatic carbocycles. The van der Waals surface area contributed by atoms with Gasteiger partial charge in [0.25, 0.3) is 6.47 Å². The molecule has 0 radical (unpaired) electrons. The van der Waals surface area contributed by atoms with E-state index in [4.69, 9.17) is 0 Å². The van der Waals surface area contributed by atoms with Gasteiger partial charge in [-0.05, 0) is 17.7 Å². The average molecular weight is 200 g/mol. The van der Waals surface area contributed by atoms with Crippen molar-refractivity contribution in [1.29, 1.82) is 0 Å². The minimum atomic E-state index is 0.403. The Labute approximate surface area is 86.6 Å². The summed E-state index contributed by atoms with van der Waals surface area (Å²) in [6, 6.07) is 7.13. The molecule has 0 aliphatic heterocycles. The van der Waals surface area contributed by atoms with Crippen molar-refractivity contribution in [1.82, 2.24) is 9.97 Å². The molecule has 4 heteroatoms. The van der Waals surface area contributed by atoms with Crippen molar-refractivity contribution in [2.24, 2.45) is 0 Å². The number of carbonyl (C=O) groups is 1. The van der Waals surface area contributed by atoms with Crippen LogP contribution in [0.25, 0.3) is 11.1 Å². The summed E-state index contributed by atoms with van der Waals surface area (Å²) >= 11 is 0. The molecule has 1 aromatic carbocycles. The molecule has 1 aromatic heterocycles. The third kappa shape index (κ3) is 2.17. The Bertz CT molecular complexity index is 440. The van der Waals surface area contributed by atoms with Gasteiger partial charge in [0.05, 0.1) is 0 Å². The van der Waals surface area contributed by atoms with Crippen molar-refractivity contribution < 1.29 is 9.53 Å². The van der Waals surface area contributed by atoms with Gasteiger partial charge in [0.1, 0.15) is 12.1 Å². The van der Waals surface area contributed by atoms with Crippen molar-refractivity contribution in [2.45, 2.75) is 0 Å². The second-order valence-corrected chi connectivity index (χ2v) is 2.87. The van der Waals surface area contributed by atoms with E-state index in [9.17, 15) is 4.79 Å². The first-order chi connectivity index (χ1) is 7.40. The third-order valence-electron chi connectivity index (χ3n) is 1.93. The number of carbonyl (C=O) groups excluding carboxylic acids is 1. The molecule has 0 N–H and O–H groups in total. The zero-order chi connectivity index (χ0) is 10.5. The van der Waals surface area contributed by atoms with Crippen molar-refractivity contribution in [3.05, 3.63) is 43.0 Å². The molecule has 0 atom stereocenters. The van der Waals surface area contributed by atoms with Gasteiger partial charge >= 0.3 is 0 Å². The Morgan fingerprint density at radius 3 is 2.27 bits per heavy atom. The lowest BCUT2D eigenvalue weighted by atomic mass is 10.1. The standard InChI is InChI=1S/C11H8N2O2/c14-8-15-11-3-1-9(2-4-11)10-5-12-7-13-6-10/h1-8H. The summed E-state index contributed by atoms with van der Waals surface area (Å²) in [6.07, 6.45) is 4.93. The summed E-state index contributed by atoms with van der Waals surface area (Å²) in [4.78, 5) is 17.9. The van der Waals surface area contributed by atoms with Gasteiger partial charge in [-0.15, -0.1) is 0 Å². The Balaban J connectivity index is 2.28. The van der Waals surface area contributed by atoms with Crippen LogP contribution in [0.4, 0.5) is 0 Å². The highest BCUT2D eigenvalue weighted by molar-refractivity contribution is 5.62. The molecule has 0 spiro atoms. The Morgan fingerprint density at radius 1 is 1.00 bits per heavy atom. The molecule has 0 saturated carbocycles. The molecule has 74 valence electrons. The van der Waals surface area contributed by atoms with Crippen LogP contribution in [0.15, 0.2) is 43.0 Å². The maximum absolute atomic E-state index is 10.1. The monoisotopic (exact) mass is 200 g/mol. The van der Waals surface area contributed by atoms with Crippen LogP contribution in [0.1, 0.15) is 0 Å². The maximum Gasteiger partial charge on any atom is 0.298 e. The normalized spacial score (nSPS) is 9.60. The van der Waals surface area contributed by atoms with Gasteiger partial charge in [-0.3, -0.25) is 4.79 Å². The van der Waals surface area contributed by atoms with Crippen molar-refractivity contribution >= 4 is 6.47 Å². The largest absolute Gasteiger partial charge is 0.429 e. The zero-order valence-electron chi connectivity index (χ0n) is 7.83. The van der Waals surface area contributed by atoms with Crippen LogP contribution >= 0.6 is 0 Å². The smallest absolute Gasteiger partial charge is 0.298 e. The lowest BCUT2D eigenvalue weighted by molar-refractivity contribution is -0.120. The number of hydrogen-bond donors (Lipinski definition) is 0. The molecule has 2 aromatic rings. The molecule has 1 heterocycles. The van der Waals surface area contributed by atoms with Crippen LogP contribution in [0.3, 0.4) is 0 Å². The summed E-state index contributed by atoms with van der Waals surface area (Å²) in [5.74, 6) is 0.519. The molecule has 0 bridgehead atoms. The summed E-state index contributed by atoms with van der Waals surface area (Å²) in [6.45, 7) is 0.403. The maximum atomic E-state index is 10.1. The van der Waals surface area contributed by atoms with E-state index in [1.165, 1.54) is 6.33 Å². The lowest BCUT2D eigenvalue weighted by Gasteiger charge is -2.01. The fourth-order valence-electron chi connectivity index (χ4n) is 1.23. The zero-order valence-corrected chi connectivity index (χ0v) is 7.83. The third-order valence-corrected chi connectivity index (χ3v) is 1.93. The number of nitrogens with zero attached hydrogens (tertiary/aromatic N) is 2. The first-order valence-electron chi connectivity index (χ1n) is 4.36. The van der Waals surface area contributed by atoms with Gasteiger partial charge in [-0.2, -0.15) is 0 Å². The summed E-state index contributed by atoms with van der Waals surface area (Å²) in [7, 11) is 0. The fraction of sp³-hybridized carbons (Fsp3) is 0. The second-order valence-electron chi connectivity index (χ2n) is 2.87. The first kappa shape index (κ1) is 9.33. The molecule has 2 rings (SSSR count). The topological polar surface area (TPSA) is 52.1 Å². The van der Waals surface area contributed by atoms with Crippen molar-refractivity contribution in [2.75, 3.05) is 0 Å². The van der Waals surface area contributed by atoms with E-state index in [-0.39, 0.29) is 0 Å². The van der Waals surface area contributed by atoms with Crippen LogP contribution in [0.5, 0.6) is 5.75 Å². The first-order valence-corrected chi connectivity index (χ1v) is 4.36. The highest BCUT2D eigenvalue weighted by Crippen LogP contribution is 2.20. The van der Waals surface area contributed by atoms with E-state index in [2.05, 4.69) is 14.7 Å². The van der Waals surface area contributed by atoms with Crippen LogP contribution in [-0.2, 0) is 4.79 Å². The van der Waals surface area contributed by atoms with Gasteiger partial charge in [0.2, 0.25) is 0 Å². The van der Waals surface area contributed by atoms with Crippen molar-refractivity contribution in [3.63, 3.8) is 0 Å². The van der Waals surface area contributed by atoms with Crippen molar-refractivity contribution in [3.8, 4) is 16.9 Å². The minimum Gasteiger partial charge on any atom is -0.429 e. The number of benzene rings is 1. The van der Waals surface area contributed by atoms with Gasteiger partial charge in [0, 0.05) is 18.0 Å². The SMILES string of the molecule is O=COc1ccc(-c2cncnc2)cc1. The van der Waals surface area contributed by atoms with E-state index < -0.39 is 0 Å². The van der Waals surface area contributed by atoms with E-state index in [0.29, 0.717) is 12.2 Å². The number of hydrogen-bond acceptors (Lipinski definition) is 4. The van der Waals surface area contributed by atoms with E-state index >= 15 is 0 Å². The van der Waals surface area contributed by atoms with Gasteiger partial charge in [0.15, 0.2) is 0 Å². The molecule has 0 saturated heterocycles. The van der Waals surface area contributed by atoms with E-state index in [0.717, 1.165) is 11.1 Å². The predicted molar refractivity (Wildman–Crippen MR) is 54.2 cm³/mol. The molecule has 0 unspecified atom stereocenters. The summed E-state index contributed by atoms with van der Waals surface area (Å²) in [5.41, 5.74) is 1.91. The highest BCUT2D eigenvalue weighted by Gasteiger charge is 1.98. The minimum absolute atomic E-state index is 0.403. The Kier molecular flexibility index (Phi) is 2.69. The van der Waals surface area contributed by atoms with Crippen LogP contribution in [-0.4, -0.2) is 16.4 Å². The second kappa shape index (κ2) is 4.32. The molecule has 15 heavy (non-hydrogen) atoms. The van der Waals surface area contributed by atoms with E-state index in [1.54, 1.807) is 24.5 Å². The van der Waals surface area contributed by atoms with Gasteiger partial charge < -0.3 is 4.74 Å². The molecule has 0 aliphatic rings. The predicted octanol–water partition coefficient (Wildman–Crippen LogP) is 1.68. The molecule has 0 fully saturated rings. The van der Waals surface area contributed by atoms with Crippen LogP contribution < -0.4 is 4.74 Å². The molecular weight excluding hydrogens is 192 g/mol. The summed E-state index contributed by atoms with van der Waals surface area (Å²) < 4.78 is 4.68. The molecule has 4 nitrogen and oxygen atoms in total. The highest BCUT2D eigenvalue weighted by atomic mass is 16.5. The summed E-state index contributed by atoms with van der Waals surface area (Å²) in [5, 5.41) is 0. The Hall–Kier alpha value is -2.23. The van der Waals surface area contributed by atoms with Crippen LogP contribution in [0, 0.1) is 0 Å². The molecule has 0 amide bonds. The van der Waals surface area contributed by atoms with Gasteiger partial charge in [-0.1, -0.05) is 12.1 Å². The number of ether oxygens (including phenoxy) is 1. The number of rotatable bonds is 3. The van der Waals surface area contributed by atoms with E-state index in [1.807, 2.05) is 12.1 Å². The average Bonchev–Trinajstić information content (AvgIpc) is 2.32.